The highest BCUT2D eigenvalue weighted by Crippen LogP contribution is 2.38. The van der Waals surface area contributed by atoms with Crippen molar-refractivity contribution in [1.29, 1.82) is 0 Å². The number of benzene rings is 2. The highest BCUT2D eigenvalue weighted by molar-refractivity contribution is 5.78. The normalized spacial score (nSPS) is 12.9. The van der Waals surface area contributed by atoms with Gasteiger partial charge in [0.15, 0.2) is 0 Å². The molecule has 2 rings (SSSR count). The van der Waals surface area contributed by atoms with Gasteiger partial charge in [0.25, 0.3) is 0 Å². The van der Waals surface area contributed by atoms with Gasteiger partial charge < -0.3 is 5.11 Å². The predicted octanol–water partition coefficient (Wildman–Crippen LogP) is 3.83. The van der Waals surface area contributed by atoms with Gasteiger partial charge in [-0.25, -0.2) is 0 Å². The molecule has 1 atom stereocenters. The Bertz CT molecular complexity index is 544. The van der Waals surface area contributed by atoms with Crippen LogP contribution in [0.15, 0.2) is 60.7 Å². The molecule has 0 fully saturated rings. The summed E-state index contributed by atoms with van der Waals surface area (Å²) in [6.45, 7) is 3.96. The minimum absolute atomic E-state index is 0.464. The first kappa shape index (κ1) is 13.3. The van der Waals surface area contributed by atoms with E-state index in [1.54, 1.807) is 0 Å². The number of hydrogen-bond acceptors (Lipinski definition) is 1. The van der Waals surface area contributed by atoms with Crippen molar-refractivity contribution >= 4 is 5.97 Å². The van der Waals surface area contributed by atoms with Crippen molar-refractivity contribution in [3.8, 4) is 0 Å². The van der Waals surface area contributed by atoms with Crippen LogP contribution in [0.5, 0.6) is 0 Å². The molecule has 0 saturated carbocycles. The summed E-state index contributed by atoms with van der Waals surface area (Å²) in [6.07, 6.45) is 0. The lowest BCUT2D eigenvalue weighted by Gasteiger charge is -2.32. The lowest BCUT2D eigenvalue weighted by Crippen LogP contribution is -2.32. The van der Waals surface area contributed by atoms with Crippen molar-refractivity contribution in [3.63, 3.8) is 0 Å². The van der Waals surface area contributed by atoms with Crippen LogP contribution in [-0.2, 0) is 10.2 Å². The van der Waals surface area contributed by atoms with Gasteiger partial charge in [-0.2, -0.15) is 0 Å². The van der Waals surface area contributed by atoms with Gasteiger partial charge in [0.2, 0.25) is 0 Å². The van der Waals surface area contributed by atoms with E-state index in [9.17, 15) is 9.90 Å². The van der Waals surface area contributed by atoms with Gasteiger partial charge in [-0.15, -0.1) is 0 Å². The van der Waals surface area contributed by atoms with E-state index in [1.165, 1.54) is 0 Å². The second kappa shape index (κ2) is 5.27. The van der Waals surface area contributed by atoms with Crippen molar-refractivity contribution in [3.05, 3.63) is 71.8 Å². The average molecular weight is 254 g/mol. The molecule has 0 aliphatic carbocycles. The molecule has 0 spiro atoms. The van der Waals surface area contributed by atoms with Crippen molar-refractivity contribution < 1.29 is 9.90 Å². The number of carbonyl (C=O) groups is 1. The zero-order valence-electron chi connectivity index (χ0n) is 11.2. The fourth-order valence-corrected chi connectivity index (χ4v) is 2.55. The van der Waals surface area contributed by atoms with E-state index in [0.29, 0.717) is 0 Å². The van der Waals surface area contributed by atoms with Crippen LogP contribution < -0.4 is 0 Å². The van der Waals surface area contributed by atoms with Gasteiger partial charge in [0.05, 0.1) is 5.92 Å². The Hall–Kier alpha value is -2.09. The monoisotopic (exact) mass is 254 g/mol. The lowest BCUT2D eigenvalue weighted by atomic mass is 9.70. The van der Waals surface area contributed by atoms with E-state index in [4.69, 9.17) is 0 Å². The van der Waals surface area contributed by atoms with Gasteiger partial charge in [0, 0.05) is 5.41 Å². The van der Waals surface area contributed by atoms with Crippen LogP contribution >= 0.6 is 0 Å². The van der Waals surface area contributed by atoms with E-state index < -0.39 is 17.3 Å². The third-order valence-corrected chi connectivity index (χ3v) is 3.62. The van der Waals surface area contributed by atoms with Crippen LogP contribution in [0, 0.1) is 0 Å². The first-order valence-corrected chi connectivity index (χ1v) is 6.37. The fraction of sp³-hybridized carbons (Fsp3) is 0.235. The molecule has 0 radical (unpaired) electrons. The largest absolute Gasteiger partial charge is 0.481 e. The molecule has 2 aromatic rings. The quantitative estimate of drug-likeness (QED) is 0.900. The number of hydrogen-bond donors (Lipinski definition) is 1. The average Bonchev–Trinajstić information content (AvgIpc) is 2.40. The van der Waals surface area contributed by atoms with Crippen molar-refractivity contribution in [1.82, 2.24) is 0 Å². The van der Waals surface area contributed by atoms with Crippen LogP contribution in [-0.4, -0.2) is 11.1 Å². The third kappa shape index (κ3) is 2.68. The van der Waals surface area contributed by atoms with Gasteiger partial charge in [-0.1, -0.05) is 74.5 Å². The summed E-state index contributed by atoms with van der Waals surface area (Å²) in [5.41, 5.74) is 1.41. The van der Waals surface area contributed by atoms with E-state index in [-0.39, 0.29) is 0 Å². The summed E-state index contributed by atoms with van der Waals surface area (Å²) in [7, 11) is 0. The van der Waals surface area contributed by atoms with Crippen molar-refractivity contribution in [2.24, 2.45) is 0 Å². The minimum Gasteiger partial charge on any atom is -0.481 e. The smallest absolute Gasteiger partial charge is 0.311 e. The predicted molar refractivity (Wildman–Crippen MR) is 76.3 cm³/mol. The highest BCUT2D eigenvalue weighted by atomic mass is 16.4. The second-order valence-electron chi connectivity index (χ2n) is 5.27. The van der Waals surface area contributed by atoms with Crippen LogP contribution in [0.1, 0.15) is 30.9 Å². The van der Waals surface area contributed by atoms with Crippen LogP contribution in [0.3, 0.4) is 0 Å². The van der Waals surface area contributed by atoms with Crippen molar-refractivity contribution in [2.75, 3.05) is 0 Å². The summed E-state index contributed by atoms with van der Waals surface area (Å²) in [5.74, 6) is -1.35. The second-order valence-corrected chi connectivity index (χ2v) is 5.27. The molecule has 0 saturated heterocycles. The van der Waals surface area contributed by atoms with Gasteiger partial charge in [0.1, 0.15) is 0 Å². The molecule has 1 unspecified atom stereocenters. The first-order valence-electron chi connectivity index (χ1n) is 6.37. The molecular formula is C17H18O2. The maximum Gasteiger partial charge on any atom is 0.311 e. The minimum atomic E-state index is -0.792. The maximum atomic E-state index is 11.7. The molecule has 0 heterocycles. The number of carboxylic acids is 1. The number of carboxylic acid groups (broad SMARTS) is 1. The standard InChI is InChI=1S/C17H18O2/c1-17(2,14-11-7-4-8-12-14)15(16(18)19)13-9-5-3-6-10-13/h3-12,15H,1-2H3,(H,18,19). The van der Waals surface area contributed by atoms with Crippen LogP contribution in [0.4, 0.5) is 0 Å². The molecule has 98 valence electrons. The molecule has 19 heavy (non-hydrogen) atoms. The Morgan fingerprint density at radius 2 is 1.42 bits per heavy atom. The lowest BCUT2D eigenvalue weighted by molar-refractivity contribution is -0.140. The first-order chi connectivity index (χ1) is 9.03. The number of rotatable bonds is 4. The van der Waals surface area contributed by atoms with E-state index >= 15 is 0 Å². The fourth-order valence-electron chi connectivity index (χ4n) is 2.55. The Labute approximate surface area is 113 Å². The highest BCUT2D eigenvalue weighted by Gasteiger charge is 2.37. The molecule has 2 heteroatoms. The molecule has 1 N–H and O–H groups in total. The van der Waals surface area contributed by atoms with E-state index in [0.717, 1.165) is 11.1 Å². The van der Waals surface area contributed by atoms with Gasteiger partial charge in [-0.05, 0) is 11.1 Å². The molecule has 0 bridgehead atoms. The zero-order chi connectivity index (χ0) is 13.9. The maximum absolute atomic E-state index is 11.7. The Kier molecular flexibility index (Phi) is 3.70. The Morgan fingerprint density at radius 3 is 1.89 bits per heavy atom. The van der Waals surface area contributed by atoms with Gasteiger partial charge in [-0.3, -0.25) is 4.79 Å². The van der Waals surface area contributed by atoms with E-state index in [2.05, 4.69) is 0 Å². The summed E-state index contributed by atoms with van der Waals surface area (Å²) in [4.78, 5) is 11.7. The Morgan fingerprint density at radius 1 is 0.947 bits per heavy atom. The third-order valence-electron chi connectivity index (χ3n) is 3.62. The summed E-state index contributed by atoms with van der Waals surface area (Å²) < 4.78 is 0. The summed E-state index contributed by atoms with van der Waals surface area (Å²) in [5, 5.41) is 9.62. The molecular weight excluding hydrogens is 236 g/mol. The SMILES string of the molecule is CC(C)(c1ccccc1)C(C(=O)O)c1ccccc1. The molecule has 2 aromatic carbocycles. The van der Waals surface area contributed by atoms with Crippen molar-refractivity contribution in [2.45, 2.75) is 25.2 Å². The van der Waals surface area contributed by atoms with Crippen LogP contribution in [0.2, 0.25) is 0 Å². The summed E-state index contributed by atoms with van der Waals surface area (Å²) >= 11 is 0. The molecule has 0 aliphatic rings. The molecule has 0 aromatic heterocycles. The van der Waals surface area contributed by atoms with Gasteiger partial charge >= 0.3 is 5.97 Å². The topological polar surface area (TPSA) is 37.3 Å². The summed E-state index contributed by atoms with van der Waals surface area (Å²) in [6, 6.07) is 19.2. The van der Waals surface area contributed by atoms with Crippen LogP contribution in [0.25, 0.3) is 0 Å². The molecule has 0 aliphatic heterocycles. The zero-order valence-corrected chi connectivity index (χ0v) is 11.2. The van der Waals surface area contributed by atoms with E-state index in [1.807, 2.05) is 74.5 Å². The Balaban J connectivity index is 2.48. The molecule has 0 amide bonds. The molecule has 2 nitrogen and oxygen atoms in total. The number of aliphatic carboxylic acids is 1.